The Kier molecular flexibility index (Phi) is 3.06. The minimum Gasteiger partial charge on any atom is -0.390 e. The van der Waals surface area contributed by atoms with Crippen LogP contribution in [0.25, 0.3) is 21.8 Å². The molecule has 0 aliphatic rings. The monoisotopic (exact) mass is 285 g/mol. The number of nitrogens with two attached hydrogens (primary N) is 1. The Balaban J connectivity index is 2.43. The summed E-state index contributed by atoms with van der Waals surface area (Å²) in [6.45, 7) is 6.32. The molecule has 3 rings (SSSR count). The van der Waals surface area contributed by atoms with Crippen molar-refractivity contribution in [3.05, 3.63) is 24.2 Å². The predicted molar refractivity (Wildman–Crippen MR) is 82.9 cm³/mol. The largest absolute Gasteiger partial charge is 0.390 e. The van der Waals surface area contributed by atoms with E-state index in [1.807, 2.05) is 17.7 Å². The number of fused-ring (bicyclic) bond motifs is 3. The van der Waals surface area contributed by atoms with Gasteiger partial charge in [0.2, 0.25) is 0 Å². The zero-order chi connectivity index (χ0) is 15.2. The van der Waals surface area contributed by atoms with Gasteiger partial charge in [0.15, 0.2) is 5.82 Å². The number of rotatable bonds is 3. The van der Waals surface area contributed by atoms with Gasteiger partial charge in [0.1, 0.15) is 5.52 Å². The van der Waals surface area contributed by atoms with E-state index in [9.17, 15) is 5.11 Å². The molecule has 0 radical (unpaired) electrons. The highest BCUT2D eigenvalue weighted by molar-refractivity contribution is 6.09. The number of aromatic nitrogens is 4. The average Bonchev–Trinajstić information content (AvgIpc) is 2.76. The Labute approximate surface area is 122 Å². The lowest BCUT2D eigenvalue weighted by Crippen LogP contribution is -2.24. The molecule has 0 bridgehead atoms. The molecule has 6 nitrogen and oxygen atoms in total. The highest BCUT2D eigenvalue weighted by atomic mass is 16.3. The molecule has 0 aliphatic heterocycles. The van der Waals surface area contributed by atoms with Gasteiger partial charge in [-0.25, -0.2) is 4.98 Å². The summed E-state index contributed by atoms with van der Waals surface area (Å²) in [6, 6.07) is 1.92. The van der Waals surface area contributed by atoms with Crippen LogP contribution in [0, 0.1) is 0 Å². The van der Waals surface area contributed by atoms with Gasteiger partial charge in [0, 0.05) is 35.6 Å². The minimum absolute atomic E-state index is 0.398. The molecule has 3 heterocycles. The lowest BCUT2D eigenvalue weighted by Gasteiger charge is -2.18. The molecule has 6 heteroatoms. The highest BCUT2D eigenvalue weighted by Gasteiger charge is 2.22. The lowest BCUT2D eigenvalue weighted by atomic mass is 9.99. The number of nitrogen functional groups attached to an aromatic ring is 1. The molecule has 0 aliphatic carbocycles. The number of anilines is 1. The molecule has 3 aromatic rings. The van der Waals surface area contributed by atoms with Crippen LogP contribution in [-0.4, -0.2) is 30.5 Å². The highest BCUT2D eigenvalue weighted by Crippen LogP contribution is 2.31. The van der Waals surface area contributed by atoms with Crippen molar-refractivity contribution < 1.29 is 5.11 Å². The summed E-state index contributed by atoms with van der Waals surface area (Å²) >= 11 is 0. The molecule has 110 valence electrons. The zero-order valence-electron chi connectivity index (χ0n) is 12.5. The van der Waals surface area contributed by atoms with Crippen molar-refractivity contribution in [3.63, 3.8) is 0 Å². The van der Waals surface area contributed by atoms with Gasteiger partial charge in [-0.3, -0.25) is 9.67 Å². The van der Waals surface area contributed by atoms with E-state index in [2.05, 4.69) is 15.1 Å². The van der Waals surface area contributed by atoms with Crippen LogP contribution in [0.5, 0.6) is 0 Å². The summed E-state index contributed by atoms with van der Waals surface area (Å²) < 4.78 is 1.89. The first-order valence-corrected chi connectivity index (χ1v) is 7.01. The Morgan fingerprint density at radius 3 is 2.81 bits per heavy atom. The van der Waals surface area contributed by atoms with Crippen molar-refractivity contribution in [3.8, 4) is 0 Å². The van der Waals surface area contributed by atoms with Crippen LogP contribution in [0.2, 0.25) is 0 Å². The maximum absolute atomic E-state index is 10.2. The first-order valence-electron chi connectivity index (χ1n) is 7.01. The molecule has 0 aromatic carbocycles. The second-order valence-electron chi connectivity index (χ2n) is 5.87. The summed E-state index contributed by atoms with van der Waals surface area (Å²) in [5, 5.41) is 16.7. The quantitative estimate of drug-likeness (QED) is 0.767. The number of hydrogen-bond donors (Lipinski definition) is 2. The molecular formula is C15H19N5O. The number of nitrogens with zero attached hydrogens (tertiary/aromatic N) is 4. The van der Waals surface area contributed by atoms with Crippen LogP contribution in [0.3, 0.4) is 0 Å². The molecule has 3 N–H and O–H groups in total. The van der Waals surface area contributed by atoms with Gasteiger partial charge in [0.25, 0.3) is 0 Å². The Morgan fingerprint density at radius 2 is 2.14 bits per heavy atom. The summed E-state index contributed by atoms with van der Waals surface area (Å²) in [6.07, 6.45) is 3.93. The average molecular weight is 285 g/mol. The topological polar surface area (TPSA) is 89.9 Å². The van der Waals surface area contributed by atoms with Gasteiger partial charge >= 0.3 is 0 Å². The molecule has 0 fully saturated rings. The van der Waals surface area contributed by atoms with E-state index < -0.39 is 5.60 Å². The number of pyridine rings is 2. The maximum atomic E-state index is 10.2. The van der Waals surface area contributed by atoms with Crippen molar-refractivity contribution in [2.24, 2.45) is 0 Å². The van der Waals surface area contributed by atoms with Crippen LogP contribution < -0.4 is 5.73 Å². The number of hydrogen-bond acceptors (Lipinski definition) is 5. The third kappa shape index (κ3) is 2.31. The molecule has 3 aromatic heterocycles. The SMILES string of the molecule is CCn1nc2c(N)nc3cnccc3c2c1CC(C)(C)O. The summed E-state index contributed by atoms with van der Waals surface area (Å²) in [5.41, 5.74) is 7.64. The summed E-state index contributed by atoms with van der Waals surface area (Å²) in [5.74, 6) is 0.398. The molecule has 0 spiro atoms. The lowest BCUT2D eigenvalue weighted by molar-refractivity contribution is 0.0790. The van der Waals surface area contributed by atoms with E-state index in [0.717, 1.165) is 22.0 Å². The third-order valence-corrected chi connectivity index (χ3v) is 3.51. The Morgan fingerprint density at radius 1 is 1.38 bits per heavy atom. The van der Waals surface area contributed by atoms with Crippen LogP contribution in [0.1, 0.15) is 26.5 Å². The maximum Gasteiger partial charge on any atom is 0.152 e. The molecule has 0 atom stereocenters. The summed E-state index contributed by atoms with van der Waals surface area (Å²) in [4.78, 5) is 8.46. The van der Waals surface area contributed by atoms with Gasteiger partial charge in [-0.05, 0) is 26.8 Å². The predicted octanol–water partition coefficient (Wildman–Crippen LogP) is 1.90. The van der Waals surface area contributed by atoms with Gasteiger partial charge in [0.05, 0.1) is 17.3 Å². The fourth-order valence-corrected chi connectivity index (χ4v) is 2.68. The second kappa shape index (κ2) is 4.66. The fourth-order valence-electron chi connectivity index (χ4n) is 2.68. The van der Waals surface area contributed by atoms with E-state index in [-0.39, 0.29) is 0 Å². The Hall–Kier alpha value is -2.21. The number of aliphatic hydroxyl groups is 1. The van der Waals surface area contributed by atoms with Gasteiger partial charge in [-0.1, -0.05) is 0 Å². The molecular weight excluding hydrogens is 266 g/mol. The van der Waals surface area contributed by atoms with E-state index in [1.54, 1.807) is 26.2 Å². The second-order valence-corrected chi connectivity index (χ2v) is 5.87. The zero-order valence-corrected chi connectivity index (χ0v) is 12.5. The van der Waals surface area contributed by atoms with Crippen molar-refractivity contribution in [2.75, 3.05) is 5.73 Å². The Bertz CT molecular complexity index is 816. The van der Waals surface area contributed by atoms with Crippen LogP contribution in [0.15, 0.2) is 18.5 Å². The van der Waals surface area contributed by atoms with Crippen molar-refractivity contribution in [2.45, 2.75) is 39.3 Å². The molecule has 21 heavy (non-hydrogen) atoms. The molecule has 0 saturated heterocycles. The van der Waals surface area contributed by atoms with E-state index in [4.69, 9.17) is 5.73 Å². The minimum atomic E-state index is -0.822. The van der Waals surface area contributed by atoms with Crippen molar-refractivity contribution in [1.82, 2.24) is 19.7 Å². The number of aryl methyl sites for hydroxylation is 1. The first-order chi connectivity index (χ1) is 9.90. The van der Waals surface area contributed by atoms with Gasteiger partial charge < -0.3 is 10.8 Å². The molecule has 0 amide bonds. The molecule has 0 unspecified atom stereocenters. The normalized spacial score (nSPS) is 12.4. The van der Waals surface area contributed by atoms with Crippen molar-refractivity contribution in [1.29, 1.82) is 0 Å². The van der Waals surface area contributed by atoms with Crippen LogP contribution >= 0.6 is 0 Å². The smallest absolute Gasteiger partial charge is 0.152 e. The van der Waals surface area contributed by atoms with E-state index >= 15 is 0 Å². The fraction of sp³-hybridized carbons (Fsp3) is 0.400. The molecule has 0 saturated carbocycles. The van der Waals surface area contributed by atoms with E-state index in [0.29, 0.717) is 24.3 Å². The van der Waals surface area contributed by atoms with Crippen LogP contribution in [-0.2, 0) is 13.0 Å². The first kappa shape index (κ1) is 13.8. The third-order valence-electron chi connectivity index (χ3n) is 3.51. The van der Waals surface area contributed by atoms with E-state index in [1.165, 1.54) is 0 Å². The van der Waals surface area contributed by atoms with Gasteiger partial charge in [-0.15, -0.1) is 0 Å². The summed E-state index contributed by atoms with van der Waals surface area (Å²) in [7, 11) is 0. The van der Waals surface area contributed by atoms with Crippen molar-refractivity contribution >= 4 is 27.6 Å². The van der Waals surface area contributed by atoms with Crippen LogP contribution in [0.4, 0.5) is 5.82 Å². The van der Waals surface area contributed by atoms with Gasteiger partial charge in [-0.2, -0.15) is 5.10 Å². The standard InChI is InChI=1S/C15H19N5O/c1-4-20-11(7-15(2,3)21)12-9-5-6-17-8-10(9)18-14(16)13(12)19-20/h5-6,8,21H,4,7H2,1-3H3,(H2,16,18).